The van der Waals surface area contributed by atoms with Gasteiger partial charge in [-0.2, -0.15) is 0 Å². The van der Waals surface area contributed by atoms with E-state index in [1.54, 1.807) is 0 Å². The van der Waals surface area contributed by atoms with Gasteiger partial charge in [-0.15, -0.1) is 0 Å². The van der Waals surface area contributed by atoms with Gasteiger partial charge in [0.15, 0.2) is 68.8 Å². The van der Waals surface area contributed by atoms with Crippen LogP contribution in [0.15, 0.2) is 24.7 Å². The number of Topliss-reactive ketones (excluding diaryl/α,β-unsaturated/α-hetero) is 2. The number of ether oxygens (including phenoxy) is 2. The van der Waals surface area contributed by atoms with Crippen molar-refractivity contribution in [2.75, 3.05) is 12.5 Å². The first-order chi connectivity index (χ1) is 16.2. The Hall–Kier alpha value is -0.479. The topological polar surface area (TPSA) is 98.8 Å². The highest BCUT2D eigenvalue weighted by Crippen LogP contribution is 2.31. The van der Waals surface area contributed by atoms with Crippen molar-refractivity contribution in [2.24, 2.45) is 0 Å². The molecule has 9 nitrogen and oxygen atoms in total. The standard InChI is InChI=1S/C22H50O9Si6/c1-19(23)21(3)25-17-36(27-32(5,6)7,28-33(8,9)10)31-37(29-34(11,12)13,30-35(14,15)16)18-26-22(4)20(2)24/h3-4,17-18H2,1-2,5-16H3. The van der Waals surface area contributed by atoms with Gasteiger partial charge in [0.25, 0.3) is 0 Å². The van der Waals surface area contributed by atoms with Crippen LogP contribution in [0.25, 0.3) is 0 Å². The van der Waals surface area contributed by atoms with Crippen LogP contribution in [0, 0.1) is 0 Å². The summed E-state index contributed by atoms with van der Waals surface area (Å²) in [7, 11) is -16.8. The van der Waals surface area contributed by atoms with Crippen LogP contribution in [0.4, 0.5) is 0 Å². The average Bonchev–Trinajstić information content (AvgIpc) is 2.58. The Labute approximate surface area is 231 Å². The van der Waals surface area contributed by atoms with Gasteiger partial charge in [0.1, 0.15) is 0 Å². The maximum Gasteiger partial charge on any atom is 0.512 e. The van der Waals surface area contributed by atoms with Gasteiger partial charge in [0, 0.05) is 13.8 Å². The summed E-state index contributed by atoms with van der Waals surface area (Å²) in [4.78, 5) is 23.9. The van der Waals surface area contributed by atoms with E-state index in [2.05, 4.69) is 13.2 Å². The first kappa shape index (κ1) is 36.5. The van der Waals surface area contributed by atoms with Gasteiger partial charge >= 0.3 is 17.6 Å². The molecule has 0 rings (SSSR count). The third kappa shape index (κ3) is 16.3. The quantitative estimate of drug-likeness (QED) is 0.109. The lowest BCUT2D eigenvalue weighted by atomic mass is 10.4. The number of hydrogen-bond donors (Lipinski definition) is 0. The molecule has 0 aliphatic carbocycles. The fourth-order valence-corrected chi connectivity index (χ4v) is 25.1. The molecular weight excluding hydrogens is 577 g/mol. The SMILES string of the molecule is C=C(OC[Si](O[Si](C)(C)C)(O[Si](C)(C)C)O[Si](COC(=C)C(C)=O)(O[Si](C)(C)C)O[Si](C)(C)C)C(C)=O. The van der Waals surface area contributed by atoms with Crippen molar-refractivity contribution < 1.29 is 39.6 Å². The maximum absolute atomic E-state index is 11.9. The van der Waals surface area contributed by atoms with Gasteiger partial charge < -0.3 is 30.0 Å². The Bertz CT molecular complexity index is 736. The molecule has 0 aromatic rings. The Morgan fingerprint density at radius 1 is 0.486 bits per heavy atom. The Balaban J connectivity index is 7.06. The van der Waals surface area contributed by atoms with Crippen molar-refractivity contribution >= 4 is 62.4 Å². The van der Waals surface area contributed by atoms with Crippen LogP contribution in [0.2, 0.25) is 78.6 Å². The van der Waals surface area contributed by atoms with Crippen molar-refractivity contribution in [2.45, 2.75) is 92.4 Å². The fourth-order valence-electron chi connectivity index (χ4n) is 2.96. The lowest BCUT2D eigenvalue weighted by Gasteiger charge is -2.46. The molecule has 0 aromatic carbocycles. The van der Waals surface area contributed by atoms with Gasteiger partial charge in [-0.3, -0.25) is 9.59 Å². The molecule has 0 aliphatic rings. The molecule has 0 amide bonds. The molecule has 15 heteroatoms. The minimum atomic E-state index is -3.76. The minimum Gasteiger partial charge on any atom is -0.486 e. The highest BCUT2D eigenvalue weighted by molar-refractivity contribution is 6.92. The van der Waals surface area contributed by atoms with Crippen LogP contribution in [0.1, 0.15) is 13.8 Å². The van der Waals surface area contributed by atoms with Crippen LogP contribution in [-0.2, 0) is 39.6 Å². The number of carbonyl (C=O) groups excluding carboxylic acids is 2. The third-order valence-electron chi connectivity index (χ3n) is 3.79. The van der Waals surface area contributed by atoms with Crippen molar-refractivity contribution in [3.63, 3.8) is 0 Å². The summed E-state index contributed by atoms with van der Waals surface area (Å²) in [5, 5.41) is 0. The summed E-state index contributed by atoms with van der Waals surface area (Å²) in [6, 6.07) is 0. The minimum absolute atomic E-state index is 0.00969. The summed E-state index contributed by atoms with van der Waals surface area (Å²) in [6.45, 7) is 34.6. The van der Waals surface area contributed by atoms with E-state index in [1.807, 2.05) is 78.6 Å². The highest BCUT2D eigenvalue weighted by atomic mass is 28.5. The van der Waals surface area contributed by atoms with E-state index in [-0.39, 0.29) is 35.5 Å². The van der Waals surface area contributed by atoms with E-state index in [9.17, 15) is 9.59 Å². The molecule has 0 aliphatic heterocycles. The molecule has 0 spiro atoms. The van der Waals surface area contributed by atoms with Crippen LogP contribution in [-0.4, -0.2) is 74.9 Å². The second kappa shape index (κ2) is 13.3. The third-order valence-corrected chi connectivity index (χ3v) is 22.0. The van der Waals surface area contributed by atoms with E-state index in [4.69, 9.17) is 30.0 Å². The average molecular weight is 627 g/mol. The molecule has 0 unspecified atom stereocenters. The first-order valence-electron chi connectivity index (χ1n) is 12.3. The van der Waals surface area contributed by atoms with Crippen molar-refractivity contribution in [1.29, 1.82) is 0 Å². The number of carbonyl (C=O) groups is 2. The molecule has 0 fully saturated rings. The molecule has 37 heavy (non-hydrogen) atoms. The number of rotatable bonds is 18. The van der Waals surface area contributed by atoms with Gasteiger partial charge in [-0.1, -0.05) is 13.2 Å². The molecule has 216 valence electrons. The zero-order valence-corrected chi connectivity index (χ0v) is 31.5. The van der Waals surface area contributed by atoms with E-state index >= 15 is 0 Å². The van der Waals surface area contributed by atoms with Crippen LogP contribution >= 0.6 is 0 Å². The lowest BCUT2D eigenvalue weighted by Crippen LogP contribution is -2.70. The summed E-state index contributed by atoms with van der Waals surface area (Å²) in [5.74, 6) is -0.621. The molecule has 0 atom stereocenters. The Kier molecular flexibility index (Phi) is 13.1. The van der Waals surface area contributed by atoms with Gasteiger partial charge in [0.2, 0.25) is 0 Å². The summed E-state index contributed by atoms with van der Waals surface area (Å²) >= 11 is 0. The summed E-state index contributed by atoms with van der Waals surface area (Å²) in [5.41, 5.74) is 0. The van der Waals surface area contributed by atoms with Crippen LogP contribution in [0.3, 0.4) is 0 Å². The zero-order chi connectivity index (χ0) is 29.7. The van der Waals surface area contributed by atoms with Gasteiger partial charge in [0.05, 0.1) is 0 Å². The van der Waals surface area contributed by atoms with Gasteiger partial charge in [-0.25, -0.2) is 0 Å². The Morgan fingerprint density at radius 3 is 0.865 bits per heavy atom. The second-order valence-electron chi connectivity index (χ2n) is 12.9. The molecule has 0 saturated heterocycles. The lowest BCUT2D eigenvalue weighted by molar-refractivity contribution is -0.117. The van der Waals surface area contributed by atoms with Crippen molar-refractivity contribution in [1.82, 2.24) is 0 Å². The largest absolute Gasteiger partial charge is 0.512 e. The molecule has 0 heterocycles. The van der Waals surface area contributed by atoms with Gasteiger partial charge in [-0.05, 0) is 78.6 Å². The fraction of sp³-hybridized carbons (Fsp3) is 0.727. The summed E-state index contributed by atoms with van der Waals surface area (Å²) < 4.78 is 45.5. The van der Waals surface area contributed by atoms with E-state index in [0.29, 0.717) is 0 Å². The number of ketones is 2. The molecule has 0 radical (unpaired) electrons. The number of hydrogen-bond acceptors (Lipinski definition) is 9. The maximum atomic E-state index is 11.9. The van der Waals surface area contributed by atoms with Crippen LogP contribution < -0.4 is 0 Å². The normalized spacial score (nSPS) is 13.8. The molecule has 0 aromatic heterocycles. The smallest absolute Gasteiger partial charge is 0.486 e. The molecule has 0 N–H and O–H groups in total. The van der Waals surface area contributed by atoms with E-state index in [0.717, 1.165) is 0 Å². The molecular formula is C22H50O9Si6. The number of allylic oxidation sites excluding steroid dienone is 2. The second-order valence-corrected chi connectivity index (χ2v) is 37.2. The summed E-state index contributed by atoms with van der Waals surface area (Å²) in [6.07, 6.45) is -0.265. The first-order valence-corrected chi connectivity index (χ1v) is 29.8. The van der Waals surface area contributed by atoms with Crippen molar-refractivity contribution in [3.8, 4) is 0 Å². The predicted molar refractivity (Wildman–Crippen MR) is 162 cm³/mol. The van der Waals surface area contributed by atoms with E-state index in [1.165, 1.54) is 13.8 Å². The Morgan fingerprint density at radius 2 is 0.703 bits per heavy atom. The van der Waals surface area contributed by atoms with Crippen molar-refractivity contribution in [3.05, 3.63) is 24.7 Å². The monoisotopic (exact) mass is 626 g/mol. The predicted octanol–water partition coefficient (Wildman–Crippen LogP) is 5.60. The van der Waals surface area contributed by atoms with E-state index < -0.39 is 50.9 Å². The van der Waals surface area contributed by atoms with Crippen LogP contribution in [0.5, 0.6) is 0 Å². The highest BCUT2D eigenvalue weighted by Gasteiger charge is 2.60. The molecule has 0 saturated carbocycles. The molecule has 0 bridgehead atoms. The zero-order valence-electron chi connectivity index (χ0n) is 25.5.